The second-order valence-electron chi connectivity index (χ2n) is 6.03. The Labute approximate surface area is 159 Å². The van der Waals surface area contributed by atoms with Crippen LogP contribution in [0.2, 0.25) is 0 Å². The number of aliphatic imine (C=N–C) groups is 1. The summed E-state index contributed by atoms with van der Waals surface area (Å²) in [7, 11) is 0. The highest BCUT2D eigenvalue weighted by Gasteiger charge is 2.06. The molecular formula is C19H27N5O3. The fraction of sp³-hybridized carbons (Fsp3) is 0.421. The molecule has 1 heterocycles. The average molecular weight is 373 g/mol. The van der Waals surface area contributed by atoms with Crippen molar-refractivity contribution in [3.63, 3.8) is 0 Å². The lowest BCUT2D eigenvalue weighted by molar-refractivity contribution is 0.0953. The van der Waals surface area contributed by atoms with Crippen LogP contribution in [0.5, 0.6) is 5.75 Å². The number of hydrogen-bond donors (Lipinski definition) is 4. The van der Waals surface area contributed by atoms with Crippen molar-refractivity contribution in [3.05, 3.63) is 47.2 Å². The molecule has 8 heteroatoms. The van der Waals surface area contributed by atoms with Crippen LogP contribution in [0.4, 0.5) is 0 Å². The third kappa shape index (κ3) is 6.65. The Balaban J connectivity index is 1.73. The van der Waals surface area contributed by atoms with Gasteiger partial charge in [-0.05, 0) is 45.4 Å². The van der Waals surface area contributed by atoms with E-state index in [1.54, 1.807) is 12.1 Å². The van der Waals surface area contributed by atoms with Crippen LogP contribution in [-0.2, 0) is 6.54 Å². The zero-order valence-electron chi connectivity index (χ0n) is 16.0. The smallest absolute Gasteiger partial charge is 0.251 e. The van der Waals surface area contributed by atoms with E-state index in [0.717, 1.165) is 24.4 Å². The van der Waals surface area contributed by atoms with Gasteiger partial charge in [0.2, 0.25) is 5.89 Å². The number of carbonyl (C=O) groups is 1. The normalized spacial score (nSPS) is 11.3. The SMILES string of the molecule is CCNC(=NCc1nc(C)c(C)o1)NCCCNC(=O)c1cccc(O)c1. The van der Waals surface area contributed by atoms with Gasteiger partial charge in [0.15, 0.2) is 5.96 Å². The molecule has 8 nitrogen and oxygen atoms in total. The van der Waals surface area contributed by atoms with Crippen molar-refractivity contribution in [3.8, 4) is 5.75 Å². The molecule has 0 saturated heterocycles. The number of aromatic hydroxyl groups is 1. The van der Waals surface area contributed by atoms with Gasteiger partial charge >= 0.3 is 0 Å². The molecule has 0 atom stereocenters. The molecule has 1 aromatic carbocycles. The number of oxazole rings is 1. The molecule has 0 spiro atoms. The molecule has 146 valence electrons. The number of nitrogens with one attached hydrogen (secondary N) is 3. The van der Waals surface area contributed by atoms with Crippen LogP contribution in [0.3, 0.4) is 0 Å². The van der Waals surface area contributed by atoms with Gasteiger partial charge in [-0.2, -0.15) is 0 Å². The number of amides is 1. The summed E-state index contributed by atoms with van der Waals surface area (Å²) in [5.74, 6) is 1.93. The van der Waals surface area contributed by atoms with Crippen molar-refractivity contribution in [2.75, 3.05) is 19.6 Å². The number of carbonyl (C=O) groups excluding carboxylic acids is 1. The van der Waals surface area contributed by atoms with Gasteiger partial charge in [-0.1, -0.05) is 6.07 Å². The third-order valence-electron chi connectivity index (χ3n) is 3.83. The number of benzene rings is 1. The molecule has 1 aromatic heterocycles. The van der Waals surface area contributed by atoms with E-state index in [9.17, 15) is 9.90 Å². The monoisotopic (exact) mass is 373 g/mol. The highest BCUT2D eigenvalue weighted by Crippen LogP contribution is 2.10. The summed E-state index contributed by atoms with van der Waals surface area (Å²) in [5, 5.41) is 18.6. The van der Waals surface area contributed by atoms with Crippen molar-refractivity contribution >= 4 is 11.9 Å². The molecule has 2 rings (SSSR count). The van der Waals surface area contributed by atoms with Crippen molar-refractivity contribution < 1.29 is 14.3 Å². The molecule has 0 bridgehead atoms. The largest absolute Gasteiger partial charge is 0.508 e. The van der Waals surface area contributed by atoms with Gasteiger partial charge in [0.25, 0.3) is 5.91 Å². The molecule has 2 aromatic rings. The lowest BCUT2D eigenvalue weighted by Crippen LogP contribution is -2.38. The third-order valence-corrected chi connectivity index (χ3v) is 3.83. The maximum Gasteiger partial charge on any atom is 0.251 e. The van der Waals surface area contributed by atoms with E-state index in [0.29, 0.717) is 37.0 Å². The Morgan fingerprint density at radius 2 is 2.00 bits per heavy atom. The zero-order valence-corrected chi connectivity index (χ0v) is 16.0. The zero-order chi connectivity index (χ0) is 19.6. The standard InChI is InChI=1S/C19H27N5O3/c1-4-20-19(23-12-17-24-13(2)14(3)27-17)22-10-6-9-21-18(26)15-7-5-8-16(25)11-15/h5,7-8,11,25H,4,6,9-10,12H2,1-3H3,(H,21,26)(H2,20,22,23). The van der Waals surface area contributed by atoms with Gasteiger partial charge in [0.1, 0.15) is 18.1 Å². The van der Waals surface area contributed by atoms with Crippen molar-refractivity contribution in [2.45, 2.75) is 33.7 Å². The lowest BCUT2D eigenvalue weighted by atomic mass is 10.2. The summed E-state index contributed by atoms with van der Waals surface area (Å²) < 4.78 is 5.52. The van der Waals surface area contributed by atoms with Crippen LogP contribution in [-0.4, -0.2) is 41.6 Å². The van der Waals surface area contributed by atoms with Crippen molar-refractivity contribution in [1.29, 1.82) is 0 Å². The predicted molar refractivity (Wildman–Crippen MR) is 104 cm³/mol. The van der Waals surface area contributed by atoms with E-state index in [4.69, 9.17) is 4.42 Å². The quantitative estimate of drug-likeness (QED) is 0.319. The summed E-state index contributed by atoms with van der Waals surface area (Å²) in [5.41, 5.74) is 1.31. The number of aromatic nitrogens is 1. The average Bonchev–Trinajstić information content (AvgIpc) is 2.97. The molecule has 0 fully saturated rings. The number of phenols is 1. The van der Waals surface area contributed by atoms with E-state index < -0.39 is 0 Å². The number of phenolic OH excluding ortho intramolecular Hbond substituents is 1. The molecule has 0 aliphatic rings. The van der Waals surface area contributed by atoms with E-state index >= 15 is 0 Å². The summed E-state index contributed by atoms with van der Waals surface area (Å²) in [6, 6.07) is 6.27. The fourth-order valence-electron chi connectivity index (χ4n) is 2.34. The Bertz CT molecular complexity index is 766. The van der Waals surface area contributed by atoms with E-state index in [2.05, 4.69) is 25.9 Å². The van der Waals surface area contributed by atoms with Gasteiger partial charge in [-0.25, -0.2) is 9.98 Å². The molecule has 0 saturated carbocycles. The molecular weight excluding hydrogens is 346 g/mol. The highest BCUT2D eigenvalue weighted by atomic mass is 16.4. The topological polar surface area (TPSA) is 112 Å². The van der Waals surface area contributed by atoms with Crippen LogP contribution in [0.15, 0.2) is 33.7 Å². The molecule has 0 radical (unpaired) electrons. The first-order chi connectivity index (χ1) is 13.0. The van der Waals surface area contributed by atoms with Crippen LogP contribution >= 0.6 is 0 Å². The first-order valence-corrected chi connectivity index (χ1v) is 9.02. The number of guanidine groups is 1. The molecule has 0 aliphatic heterocycles. The fourth-order valence-corrected chi connectivity index (χ4v) is 2.34. The molecule has 27 heavy (non-hydrogen) atoms. The summed E-state index contributed by atoms with van der Waals surface area (Å²) in [4.78, 5) is 20.8. The summed E-state index contributed by atoms with van der Waals surface area (Å²) >= 11 is 0. The maximum atomic E-state index is 12.0. The molecule has 0 unspecified atom stereocenters. The minimum absolute atomic E-state index is 0.0762. The van der Waals surface area contributed by atoms with Crippen LogP contribution in [0, 0.1) is 13.8 Å². The van der Waals surface area contributed by atoms with Gasteiger partial charge < -0.3 is 25.5 Å². The Kier molecular flexibility index (Phi) is 7.66. The predicted octanol–water partition coefficient (Wildman–Crippen LogP) is 1.87. The van der Waals surface area contributed by atoms with E-state index in [1.807, 2.05) is 20.8 Å². The Morgan fingerprint density at radius 1 is 1.22 bits per heavy atom. The van der Waals surface area contributed by atoms with Gasteiger partial charge in [0.05, 0.1) is 5.69 Å². The van der Waals surface area contributed by atoms with Crippen molar-refractivity contribution in [1.82, 2.24) is 20.9 Å². The van der Waals surface area contributed by atoms with Gasteiger partial charge in [0, 0.05) is 25.2 Å². The number of rotatable bonds is 8. The summed E-state index contributed by atoms with van der Waals surface area (Å²) in [6.45, 7) is 8.04. The Morgan fingerprint density at radius 3 is 2.67 bits per heavy atom. The second kappa shape index (κ2) is 10.2. The molecule has 4 N–H and O–H groups in total. The molecule has 0 aliphatic carbocycles. The first-order valence-electron chi connectivity index (χ1n) is 9.02. The number of nitrogens with zero attached hydrogens (tertiary/aromatic N) is 2. The second-order valence-corrected chi connectivity index (χ2v) is 6.03. The van der Waals surface area contributed by atoms with E-state index in [-0.39, 0.29) is 11.7 Å². The maximum absolute atomic E-state index is 12.0. The lowest BCUT2D eigenvalue weighted by Gasteiger charge is -2.11. The number of hydrogen-bond acceptors (Lipinski definition) is 5. The van der Waals surface area contributed by atoms with Crippen LogP contribution in [0.1, 0.15) is 41.0 Å². The van der Waals surface area contributed by atoms with E-state index in [1.165, 1.54) is 12.1 Å². The minimum Gasteiger partial charge on any atom is -0.508 e. The van der Waals surface area contributed by atoms with Gasteiger partial charge in [-0.15, -0.1) is 0 Å². The van der Waals surface area contributed by atoms with Gasteiger partial charge in [-0.3, -0.25) is 4.79 Å². The summed E-state index contributed by atoms with van der Waals surface area (Å²) in [6.07, 6.45) is 0.728. The molecule has 1 amide bonds. The highest BCUT2D eigenvalue weighted by molar-refractivity contribution is 5.94. The van der Waals surface area contributed by atoms with Crippen LogP contribution in [0.25, 0.3) is 0 Å². The number of aryl methyl sites for hydroxylation is 2. The van der Waals surface area contributed by atoms with Crippen LogP contribution < -0.4 is 16.0 Å². The Hall–Kier alpha value is -3.03. The minimum atomic E-state index is -0.207. The first kappa shape index (κ1) is 20.3. The van der Waals surface area contributed by atoms with Crippen molar-refractivity contribution in [2.24, 2.45) is 4.99 Å².